The topological polar surface area (TPSA) is 28.2 Å². The molecule has 2 heterocycles. The number of rotatable bonds is 1. The summed E-state index contributed by atoms with van der Waals surface area (Å²) >= 11 is 1.84. The van der Waals surface area contributed by atoms with Crippen LogP contribution in [0.2, 0.25) is 0 Å². The van der Waals surface area contributed by atoms with Gasteiger partial charge in [-0.25, -0.2) is 4.98 Å². The first-order valence-corrected chi connectivity index (χ1v) is 6.20. The molecule has 3 rings (SSSR count). The first-order chi connectivity index (χ1) is 6.95. The van der Waals surface area contributed by atoms with Crippen molar-refractivity contribution in [2.24, 2.45) is 0 Å². The fraction of sp³-hybridized carbons (Fsp3) is 0.700. The van der Waals surface area contributed by atoms with E-state index in [1.807, 2.05) is 16.8 Å². The van der Waals surface area contributed by atoms with E-state index in [2.05, 4.69) is 15.2 Å². The van der Waals surface area contributed by atoms with Gasteiger partial charge in [0.05, 0.1) is 11.2 Å². The molecule has 3 nitrogen and oxygen atoms in total. The van der Waals surface area contributed by atoms with Crippen LogP contribution in [-0.4, -0.2) is 36.1 Å². The average Bonchev–Trinajstić information content (AvgIpc) is 2.79. The molecule has 0 aromatic carbocycles. The largest absolute Gasteiger partial charge is 0.314 e. The zero-order valence-electron chi connectivity index (χ0n) is 8.20. The van der Waals surface area contributed by atoms with Gasteiger partial charge in [0.15, 0.2) is 0 Å². The minimum Gasteiger partial charge on any atom is -0.314 e. The Labute approximate surface area is 88.1 Å². The van der Waals surface area contributed by atoms with E-state index in [4.69, 9.17) is 0 Å². The van der Waals surface area contributed by atoms with Gasteiger partial charge in [-0.1, -0.05) is 0 Å². The third kappa shape index (κ3) is 1.38. The maximum absolute atomic E-state index is 4.42. The Morgan fingerprint density at radius 3 is 3.14 bits per heavy atom. The Hall–Kier alpha value is -0.450. The van der Waals surface area contributed by atoms with E-state index in [1.165, 1.54) is 36.5 Å². The first kappa shape index (κ1) is 8.83. The summed E-state index contributed by atoms with van der Waals surface area (Å²) in [5, 5.41) is 3.40. The monoisotopic (exact) mass is 209 g/mol. The Bertz CT molecular complexity index is 317. The molecule has 1 aliphatic carbocycles. The highest BCUT2D eigenvalue weighted by atomic mass is 32.1. The number of nitrogens with zero attached hydrogens (tertiary/aromatic N) is 2. The smallest absolute Gasteiger partial charge is 0.0798 e. The van der Waals surface area contributed by atoms with Crippen LogP contribution in [0, 0.1) is 0 Å². The average molecular weight is 209 g/mol. The number of thiazole rings is 1. The Morgan fingerprint density at radius 2 is 2.29 bits per heavy atom. The summed E-state index contributed by atoms with van der Waals surface area (Å²) in [4.78, 5) is 8.56. The van der Waals surface area contributed by atoms with Crippen molar-refractivity contribution in [3.63, 3.8) is 0 Å². The lowest BCUT2D eigenvalue weighted by molar-refractivity contribution is 0.175. The lowest BCUT2D eigenvalue weighted by Crippen LogP contribution is -2.44. The van der Waals surface area contributed by atoms with Crippen LogP contribution in [-0.2, 0) is 6.42 Å². The SMILES string of the molecule is c1nc2c(s1)C(N1CCNCC1)CC2. The molecule has 1 saturated heterocycles. The molecule has 0 spiro atoms. The van der Waals surface area contributed by atoms with Crippen LogP contribution in [0.15, 0.2) is 5.51 Å². The molecular weight excluding hydrogens is 194 g/mol. The molecule has 14 heavy (non-hydrogen) atoms. The van der Waals surface area contributed by atoms with E-state index in [0.29, 0.717) is 6.04 Å². The van der Waals surface area contributed by atoms with Crippen LogP contribution < -0.4 is 5.32 Å². The van der Waals surface area contributed by atoms with Crippen molar-refractivity contribution in [2.45, 2.75) is 18.9 Å². The predicted octanol–water partition coefficient (Wildman–Crippen LogP) is 1.04. The molecule has 1 N–H and O–H groups in total. The van der Waals surface area contributed by atoms with Crippen molar-refractivity contribution >= 4 is 11.3 Å². The molecule has 4 heteroatoms. The van der Waals surface area contributed by atoms with E-state index >= 15 is 0 Å². The molecule has 76 valence electrons. The molecular formula is C10H15N3S. The van der Waals surface area contributed by atoms with Gasteiger partial charge in [-0.15, -0.1) is 11.3 Å². The number of aromatic nitrogens is 1. The van der Waals surface area contributed by atoms with Gasteiger partial charge >= 0.3 is 0 Å². The van der Waals surface area contributed by atoms with Crippen LogP contribution in [0.5, 0.6) is 0 Å². The van der Waals surface area contributed by atoms with Crippen molar-refractivity contribution in [1.29, 1.82) is 0 Å². The summed E-state index contributed by atoms with van der Waals surface area (Å²) in [7, 11) is 0. The minimum atomic E-state index is 0.680. The second-order valence-corrected chi connectivity index (χ2v) is 4.89. The molecule has 1 aliphatic heterocycles. The number of fused-ring (bicyclic) bond motifs is 1. The highest BCUT2D eigenvalue weighted by molar-refractivity contribution is 7.09. The van der Waals surface area contributed by atoms with Crippen molar-refractivity contribution in [3.05, 3.63) is 16.1 Å². The van der Waals surface area contributed by atoms with E-state index in [9.17, 15) is 0 Å². The molecule has 0 saturated carbocycles. The molecule has 1 fully saturated rings. The van der Waals surface area contributed by atoms with Crippen molar-refractivity contribution in [1.82, 2.24) is 15.2 Å². The molecule has 0 radical (unpaired) electrons. The van der Waals surface area contributed by atoms with Gasteiger partial charge in [-0.05, 0) is 12.8 Å². The predicted molar refractivity (Wildman–Crippen MR) is 57.6 cm³/mol. The van der Waals surface area contributed by atoms with Crippen LogP contribution >= 0.6 is 11.3 Å². The molecule has 2 aliphatic rings. The van der Waals surface area contributed by atoms with Gasteiger partial charge < -0.3 is 5.32 Å². The van der Waals surface area contributed by atoms with E-state index in [1.54, 1.807) is 0 Å². The summed E-state index contributed by atoms with van der Waals surface area (Å²) in [5.41, 5.74) is 3.36. The highest BCUT2D eigenvalue weighted by Crippen LogP contribution is 2.37. The van der Waals surface area contributed by atoms with Crippen LogP contribution in [0.3, 0.4) is 0 Å². The summed E-state index contributed by atoms with van der Waals surface area (Å²) in [6.07, 6.45) is 2.47. The lowest BCUT2D eigenvalue weighted by atomic mass is 10.2. The summed E-state index contributed by atoms with van der Waals surface area (Å²) in [5.74, 6) is 0. The van der Waals surface area contributed by atoms with Gasteiger partial charge in [0.2, 0.25) is 0 Å². The number of hydrogen-bond acceptors (Lipinski definition) is 4. The molecule has 1 aromatic heterocycles. The third-order valence-corrected chi connectivity index (χ3v) is 4.19. The maximum atomic E-state index is 4.42. The lowest BCUT2D eigenvalue weighted by Gasteiger charge is -2.32. The van der Waals surface area contributed by atoms with Crippen LogP contribution in [0.1, 0.15) is 23.0 Å². The fourth-order valence-electron chi connectivity index (χ4n) is 2.48. The first-order valence-electron chi connectivity index (χ1n) is 5.32. The van der Waals surface area contributed by atoms with Crippen molar-refractivity contribution < 1.29 is 0 Å². The minimum absolute atomic E-state index is 0.680. The highest BCUT2D eigenvalue weighted by Gasteiger charge is 2.30. The second kappa shape index (κ2) is 3.61. The van der Waals surface area contributed by atoms with Gasteiger partial charge in [0.25, 0.3) is 0 Å². The standard InChI is InChI=1S/C10H15N3S/c1-2-9(10-8(1)12-7-14-10)13-5-3-11-4-6-13/h7,9,11H,1-6H2. The molecule has 1 atom stereocenters. The van der Waals surface area contributed by atoms with E-state index < -0.39 is 0 Å². The molecule has 0 amide bonds. The Balaban J connectivity index is 1.80. The zero-order valence-corrected chi connectivity index (χ0v) is 9.02. The van der Waals surface area contributed by atoms with Crippen molar-refractivity contribution in [2.75, 3.05) is 26.2 Å². The Morgan fingerprint density at radius 1 is 1.43 bits per heavy atom. The Kier molecular flexibility index (Phi) is 2.27. The van der Waals surface area contributed by atoms with Gasteiger partial charge in [-0.2, -0.15) is 0 Å². The third-order valence-electron chi connectivity index (χ3n) is 3.22. The summed E-state index contributed by atoms with van der Waals surface area (Å²) in [6, 6.07) is 0.680. The fourth-order valence-corrected chi connectivity index (χ4v) is 3.49. The molecule has 1 unspecified atom stereocenters. The molecule has 1 aromatic rings. The molecule has 0 bridgehead atoms. The van der Waals surface area contributed by atoms with Crippen LogP contribution in [0.4, 0.5) is 0 Å². The number of piperazine rings is 1. The van der Waals surface area contributed by atoms with Gasteiger partial charge in [0, 0.05) is 37.1 Å². The van der Waals surface area contributed by atoms with Gasteiger partial charge in [-0.3, -0.25) is 4.90 Å². The number of aryl methyl sites for hydroxylation is 1. The van der Waals surface area contributed by atoms with Crippen LogP contribution in [0.25, 0.3) is 0 Å². The van der Waals surface area contributed by atoms with E-state index in [-0.39, 0.29) is 0 Å². The number of hydrogen-bond donors (Lipinski definition) is 1. The van der Waals surface area contributed by atoms with E-state index in [0.717, 1.165) is 13.1 Å². The van der Waals surface area contributed by atoms with Gasteiger partial charge in [0.1, 0.15) is 0 Å². The number of nitrogens with one attached hydrogen (secondary N) is 1. The quantitative estimate of drug-likeness (QED) is 0.749. The zero-order chi connectivity index (χ0) is 9.38. The maximum Gasteiger partial charge on any atom is 0.0798 e. The second-order valence-electron chi connectivity index (χ2n) is 4.00. The summed E-state index contributed by atoms with van der Waals surface area (Å²) in [6.45, 7) is 4.68. The normalized spacial score (nSPS) is 27.9. The summed E-state index contributed by atoms with van der Waals surface area (Å²) < 4.78 is 0. The van der Waals surface area contributed by atoms with Crippen molar-refractivity contribution in [3.8, 4) is 0 Å².